The van der Waals surface area contributed by atoms with Gasteiger partial charge in [0.25, 0.3) is 5.91 Å². The lowest BCUT2D eigenvalue weighted by Crippen LogP contribution is -2.17. The van der Waals surface area contributed by atoms with Gasteiger partial charge in [-0.3, -0.25) is 9.59 Å². The number of nitrogens with one attached hydrogen (secondary N) is 2. The molecule has 1 heterocycles. The molecule has 0 radical (unpaired) electrons. The van der Waals surface area contributed by atoms with Crippen molar-refractivity contribution < 1.29 is 14.3 Å². The molecule has 0 atom stereocenters. The van der Waals surface area contributed by atoms with E-state index in [4.69, 9.17) is 4.74 Å². The SMILES string of the molecule is COc1cccc(/C=N/NC(=O)c2ccc3c(ccn3CCCC(=O)Nc3ccc(N(C)C)cc3)c2)c1. The van der Waals surface area contributed by atoms with E-state index in [2.05, 4.69) is 20.4 Å². The lowest BCUT2D eigenvalue weighted by Gasteiger charge is -2.13. The fourth-order valence-electron chi connectivity index (χ4n) is 3.96. The highest BCUT2D eigenvalue weighted by Crippen LogP contribution is 2.19. The number of carbonyl (C=O) groups is 2. The van der Waals surface area contributed by atoms with Crippen LogP contribution in [0.2, 0.25) is 0 Å². The Bertz CT molecular complexity index is 1410. The zero-order chi connectivity index (χ0) is 26.2. The van der Waals surface area contributed by atoms with Gasteiger partial charge in [0.15, 0.2) is 0 Å². The Balaban J connectivity index is 1.29. The standard InChI is InChI=1S/C29H31N5O3/c1-33(2)25-12-10-24(11-13-25)31-28(35)8-5-16-34-17-15-22-19-23(9-14-27(22)34)29(36)32-30-20-21-6-4-7-26(18-21)37-3/h4,6-7,9-15,17-20H,5,8,16H2,1-3H3,(H,31,35)(H,32,36)/b30-20+. The summed E-state index contributed by atoms with van der Waals surface area (Å²) in [4.78, 5) is 26.9. The summed E-state index contributed by atoms with van der Waals surface area (Å²) in [7, 11) is 5.56. The Morgan fingerprint density at radius 1 is 1.03 bits per heavy atom. The van der Waals surface area contributed by atoms with Gasteiger partial charge in [-0.2, -0.15) is 5.10 Å². The number of fused-ring (bicyclic) bond motifs is 1. The highest BCUT2D eigenvalue weighted by molar-refractivity contribution is 5.98. The molecule has 0 saturated carbocycles. The minimum absolute atomic E-state index is 0.0116. The number of rotatable bonds is 10. The van der Waals surface area contributed by atoms with Gasteiger partial charge in [0.1, 0.15) is 5.75 Å². The van der Waals surface area contributed by atoms with E-state index in [0.29, 0.717) is 24.9 Å². The fraction of sp³-hybridized carbons (Fsp3) is 0.207. The molecule has 8 nitrogen and oxygen atoms in total. The second-order valence-electron chi connectivity index (χ2n) is 8.85. The lowest BCUT2D eigenvalue weighted by atomic mass is 10.1. The number of hydrogen-bond acceptors (Lipinski definition) is 5. The number of hydrazone groups is 1. The summed E-state index contributed by atoms with van der Waals surface area (Å²) in [5.41, 5.74) is 6.80. The summed E-state index contributed by atoms with van der Waals surface area (Å²) in [5, 5.41) is 7.95. The number of hydrogen-bond donors (Lipinski definition) is 2. The number of benzene rings is 3. The van der Waals surface area contributed by atoms with E-state index < -0.39 is 0 Å². The normalized spacial score (nSPS) is 11.0. The van der Waals surface area contributed by atoms with Gasteiger partial charge in [-0.1, -0.05) is 12.1 Å². The first-order valence-electron chi connectivity index (χ1n) is 12.1. The number of aromatic nitrogens is 1. The lowest BCUT2D eigenvalue weighted by molar-refractivity contribution is -0.116. The molecule has 0 bridgehead atoms. The Labute approximate surface area is 216 Å². The molecule has 0 aliphatic carbocycles. The van der Waals surface area contributed by atoms with Crippen molar-refractivity contribution in [1.29, 1.82) is 0 Å². The van der Waals surface area contributed by atoms with Gasteiger partial charge in [0, 0.05) is 61.1 Å². The number of methoxy groups -OCH3 is 1. The molecular formula is C29H31N5O3. The topological polar surface area (TPSA) is 88.0 Å². The first-order valence-corrected chi connectivity index (χ1v) is 12.1. The van der Waals surface area contributed by atoms with Gasteiger partial charge < -0.3 is 19.5 Å². The Morgan fingerprint density at radius 2 is 1.84 bits per heavy atom. The zero-order valence-corrected chi connectivity index (χ0v) is 21.3. The third-order valence-electron chi connectivity index (χ3n) is 5.98. The molecule has 1 aromatic heterocycles. The van der Waals surface area contributed by atoms with Crippen LogP contribution in [0.4, 0.5) is 11.4 Å². The molecule has 0 saturated heterocycles. The van der Waals surface area contributed by atoms with Crippen LogP contribution in [0.1, 0.15) is 28.8 Å². The number of anilines is 2. The van der Waals surface area contributed by atoms with E-state index in [0.717, 1.165) is 33.6 Å². The molecule has 8 heteroatoms. The van der Waals surface area contributed by atoms with Gasteiger partial charge in [-0.05, 0) is 72.6 Å². The molecule has 0 fully saturated rings. The molecule has 4 rings (SSSR count). The van der Waals surface area contributed by atoms with Gasteiger partial charge in [-0.25, -0.2) is 5.43 Å². The average Bonchev–Trinajstić information content (AvgIpc) is 3.31. The second-order valence-corrected chi connectivity index (χ2v) is 8.85. The van der Waals surface area contributed by atoms with Crippen LogP contribution < -0.4 is 20.4 Å². The predicted octanol–water partition coefficient (Wildman–Crippen LogP) is 4.90. The highest BCUT2D eigenvalue weighted by Gasteiger charge is 2.09. The van der Waals surface area contributed by atoms with Crippen molar-refractivity contribution in [2.24, 2.45) is 5.10 Å². The maximum atomic E-state index is 12.6. The average molecular weight is 498 g/mol. The second kappa shape index (κ2) is 11.9. The number of carbonyl (C=O) groups excluding carboxylic acids is 2. The summed E-state index contributed by atoms with van der Waals surface area (Å²) < 4.78 is 7.29. The summed E-state index contributed by atoms with van der Waals surface area (Å²) in [5.74, 6) is 0.424. The number of aryl methyl sites for hydroxylation is 1. The van der Waals surface area contributed by atoms with Crippen molar-refractivity contribution in [3.8, 4) is 5.75 Å². The van der Waals surface area contributed by atoms with Gasteiger partial charge in [-0.15, -0.1) is 0 Å². The van der Waals surface area contributed by atoms with Crippen molar-refractivity contribution in [3.63, 3.8) is 0 Å². The minimum Gasteiger partial charge on any atom is -0.497 e. The van der Waals surface area contributed by atoms with Gasteiger partial charge >= 0.3 is 0 Å². The maximum absolute atomic E-state index is 12.6. The van der Waals surface area contributed by atoms with Crippen molar-refractivity contribution >= 4 is 40.3 Å². The first-order chi connectivity index (χ1) is 17.9. The monoisotopic (exact) mass is 497 g/mol. The first kappa shape index (κ1) is 25.5. The Morgan fingerprint density at radius 3 is 2.59 bits per heavy atom. The third kappa shape index (κ3) is 6.76. The van der Waals surface area contributed by atoms with E-state index in [1.807, 2.05) is 91.9 Å². The van der Waals surface area contributed by atoms with Crippen LogP contribution in [-0.2, 0) is 11.3 Å². The zero-order valence-electron chi connectivity index (χ0n) is 21.3. The predicted molar refractivity (Wildman–Crippen MR) is 149 cm³/mol. The van der Waals surface area contributed by atoms with Crippen LogP contribution in [0.5, 0.6) is 5.75 Å². The quantitative estimate of drug-likeness (QED) is 0.241. The maximum Gasteiger partial charge on any atom is 0.271 e. The summed E-state index contributed by atoms with van der Waals surface area (Å²) in [6, 6.07) is 22.7. The Kier molecular flexibility index (Phi) is 8.20. The molecule has 0 aliphatic heterocycles. The van der Waals surface area contributed by atoms with E-state index in [1.54, 1.807) is 19.4 Å². The summed E-state index contributed by atoms with van der Waals surface area (Å²) in [6.45, 7) is 0.701. The molecule has 0 spiro atoms. The largest absolute Gasteiger partial charge is 0.497 e. The van der Waals surface area contributed by atoms with Crippen LogP contribution in [0.15, 0.2) is 84.1 Å². The van der Waals surface area contributed by atoms with E-state index >= 15 is 0 Å². The molecule has 0 unspecified atom stereocenters. The molecular weight excluding hydrogens is 466 g/mol. The molecule has 2 N–H and O–H groups in total. The van der Waals surface area contributed by atoms with Crippen LogP contribution in [-0.4, -0.2) is 43.8 Å². The van der Waals surface area contributed by atoms with Crippen molar-refractivity contribution in [2.75, 3.05) is 31.4 Å². The molecule has 4 aromatic rings. The van der Waals surface area contributed by atoms with E-state index in [9.17, 15) is 9.59 Å². The van der Waals surface area contributed by atoms with E-state index in [1.165, 1.54) is 0 Å². The van der Waals surface area contributed by atoms with E-state index in [-0.39, 0.29) is 11.8 Å². The third-order valence-corrected chi connectivity index (χ3v) is 5.98. The fourth-order valence-corrected chi connectivity index (χ4v) is 3.96. The number of ether oxygens (including phenoxy) is 1. The summed E-state index contributed by atoms with van der Waals surface area (Å²) >= 11 is 0. The van der Waals surface area contributed by atoms with Gasteiger partial charge in [0.2, 0.25) is 5.91 Å². The molecule has 37 heavy (non-hydrogen) atoms. The molecule has 0 aliphatic rings. The van der Waals surface area contributed by atoms with Gasteiger partial charge in [0.05, 0.1) is 13.3 Å². The number of nitrogens with zero attached hydrogens (tertiary/aromatic N) is 3. The molecule has 3 aromatic carbocycles. The smallest absolute Gasteiger partial charge is 0.271 e. The van der Waals surface area contributed by atoms with Crippen molar-refractivity contribution in [3.05, 3.63) is 90.1 Å². The highest BCUT2D eigenvalue weighted by atomic mass is 16.5. The van der Waals surface area contributed by atoms with Crippen molar-refractivity contribution in [1.82, 2.24) is 9.99 Å². The minimum atomic E-state index is -0.288. The van der Waals surface area contributed by atoms with Crippen LogP contribution >= 0.6 is 0 Å². The van der Waals surface area contributed by atoms with Crippen LogP contribution in [0.25, 0.3) is 10.9 Å². The van der Waals surface area contributed by atoms with Crippen molar-refractivity contribution in [2.45, 2.75) is 19.4 Å². The molecule has 2 amide bonds. The van der Waals surface area contributed by atoms with Crippen LogP contribution in [0, 0.1) is 0 Å². The number of amides is 2. The molecule has 190 valence electrons. The summed E-state index contributed by atoms with van der Waals surface area (Å²) in [6.07, 6.45) is 4.67. The van der Waals surface area contributed by atoms with Crippen LogP contribution in [0.3, 0.4) is 0 Å². The Hall–Kier alpha value is -4.59.